The lowest BCUT2D eigenvalue weighted by Crippen LogP contribution is -2.34. The van der Waals surface area contributed by atoms with E-state index in [9.17, 15) is 9.59 Å². The van der Waals surface area contributed by atoms with Crippen LogP contribution in [0.5, 0.6) is 0 Å². The predicted octanol–water partition coefficient (Wildman–Crippen LogP) is 3.27. The standard InChI is InChI=1S/C16H14ClN3O3/c1-10(21)15(20-19-12-8-6-11(17)7-9-12)18-14-5-3-2-4-13(14)16(22)23/h2-9,19H,1H3,(H,18,20)(H,22,23). The second-order valence-electron chi connectivity index (χ2n) is 4.60. The molecule has 0 aromatic heterocycles. The van der Waals surface area contributed by atoms with Gasteiger partial charge in [0.2, 0.25) is 0 Å². The zero-order valence-corrected chi connectivity index (χ0v) is 13.0. The summed E-state index contributed by atoms with van der Waals surface area (Å²) in [6, 6.07) is 13.0. The lowest BCUT2D eigenvalue weighted by Gasteiger charge is -2.11. The van der Waals surface area contributed by atoms with Gasteiger partial charge in [-0.2, -0.15) is 0 Å². The fraction of sp³-hybridized carbons (Fsp3) is 0.0625. The van der Waals surface area contributed by atoms with E-state index in [0.717, 1.165) is 0 Å². The molecule has 3 N–H and O–H groups in total. The number of rotatable bonds is 5. The Morgan fingerprint density at radius 3 is 2.35 bits per heavy atom. The van der Waals surface area contributed by atoms with Crippen LogP contribution in [0.15, 0.2) is 53.5 Å². The van der Waals surface area contributed by atoms with Crippen molar-refractivity contribution in [1.29, 1.82) is 0 Å². The first kappa shape index (κ1) is 16.5. The molecule has 0 amide bonds. The number of aliphatic imine (C=N–C) groups is 1. The SMILES string of the molecule is CC(=O)C(=Nc1ccccc1C(=O)O)NNc1ccc(Cl)cc1. The molecule has 23 heavy (non-hydrogen) atoms. The summed E-state index contributed by atoms with van der Waals surface area (Å²) >= 11 is 5.80. The Bertz CT molecular complexity index is 757. The number of halogens is 1. The van der Waals surface area contributed by atoms with Gasteiger partial charge in [0, 0.05) is 11.9 Å². The maximum Gasteiger partial charge on any atom is 0.337 e. The van der Waals surface area contributed by atoms with Crippen LogP contribution in [0.3, 0.4) is 0 Å². The van der Waals surface area contributed by atoms with Crippen molar-refractivity contribution in [1.82, 2.24) is 5.43 Å². The minimum atomic E-state index is -1.11. The number of amidine groups is 1. The molecule has 0 bridgehead atoms. The first-order valence-corrected chi connectivity index (χ1v) is 7.04. The number of hydrogen-bond donors (Lipinski definition) is 3. The van der Waals surface area contributed by atoms with Crippen LogP contribution in [0, 0.1) is 0 Å². The van der Waals surface area contributed by atoms with E-state index in [-0.39, 0.29) is 22.9 Å². The van der Waals surface area contributed by atoms with Crippen LogP contribution in [0.25, 0.3) is 0 Å². The van der Waals surface area contributed by atoms with E-state index in [2.05, 4.69) is 15.8 Å². The molecule has 0 fully saturated rings. The quantitative estimate of drug-likeness (QED) is 0.444. The van der Waals surface area contributed by atoms with Crippen LogP contribution in [0.2, 0.25) is 5.02 Å². The Hall–Kier alpha value is -2.86. The maximum absolute atomic E-state index is 11.7. The zero-order chi connectivity index (χ0) is 16.8. The Labute approximate surface area is 137 Å². The van der Waals surface area contributed by atoms with Gasteiger partial charge in [-0.15, -0.1) is 0 Å². The number of carbonyl (C=O) groups is 2. The highest BCUT2D eigenvalue weighted by atomic mass is 35.5. The number of ketones is 1. The summed E-state index contributed by atoms with van der Waals surface area (Å²) in [6.07, 6.45) is 0. The average Bonchev–Trinajstić information content (AvgIpc) is 2.53. The summed E-state index contributed by atoms with van der Waals surface area (Å²) in [6.45, 7) is 1.33. The van der Waals surface area contributed by atoms with Crippen molar-refractivity contribution >= 4 is 40.6 Å². The number of hydrogen-bond acceptors (Lipinski definition) is 4. The van der Waals surface area contributed by atoms with Crippen LogP contribution in [-0.4, -0.2) is 22.7 Å². The molecular formula is C16H14ClN3O3. The van der Waals surface area contributed by atoms with E-state index < -0.39 is 5.97 Å². The van der Waals surface area contributed by atoms with Gasteiger partial charge in [-0.1, -0.05) is 23.7 Å². The van der Waals surface area contributed by atoms with Crippen LogP contribution >= 0.6 is 11.6 Å². The fourth-order valence-corrected chi connectivity index (χ4v) is 1.86. The number of carboxylic acid groups (broad SMARTS) is 1. The average molecular weight is 332 g/mol. The number of nitrogens with zero attached hydrogens (tertiary/aromatic N) is 1. The number of Topliss-reactive ketones (excluding diaryl/α,β-unsaturated/α-hetero) is 1. The van der Waals surface area contributed by atoms with Gasteiger partial charge in [0.25, 0.3) is 0 Å². The van der Waals surface area contributed by atoms with Crippen molar-refractivity contribution in [3.63, 3.8) is 0 Å². The first-order chi connectivity index (χ1) is 11.0. The highest BCUT2D eigenvalue weighted by molar-refractivity contribution is 6.38. The number of carboxylic acids is 1. The first-order valence-electron chi connectivity index (χ1n) is 6.67. The van der Waals surface area contributed by atoms with Gasteiger partial charge in [0.05, 0.1) is 16.9 Å². The molecule has 0 spiro atoms. The molecule has 2 rings (SSSR count). The van der Waals surface area contributed by atoms with E-state index in [0.29, 0.717) is 10.7 Å². The maximum atomic E-state index is 11.7. The number of hydrazine groups is 1. The Morgan fingerprint density at radius 2 is 1.74 bits per heavy atom. The summed E-state index contributed by atoms with van der Waals surface area (Å²) in [5, 5.41) is 9.74. The van der Waals surface area contributed by atoms with Gasteiger partial charge in [-0.05, 0) is 36.4 Å². The molecule has 0 unspecified atom stereocenters. The van der Waals surface area contributed by atoms with E-state index >= 15 is 0 Å². The molecule has 0 radical (unpaired) electrons. The second kappa shape index (κ2) is 7.42. The van der Waals surface area contributed by atoms with Gasteiger partial charge < -0.3 is 5.11 Å². The van der Waals surface area contributed by atoms with Crippen molar-refractivity contribution in [3.8, 4) is 0 Å². The number of carbonyl (C=O) groups excluding carboxylic acids is 1. The molecule has 0 atom stereocenters. The number of benzene rings is 2. The van der Waals surface area contributed by atoms with Crippen LogP contribution < -0.4 is 10.9 Å². The van der Waals surface area contributed by atoms with E-state index in [4.69, 9.17) is 16.7 Å². The van der Waals surface area contributed by atoms with Gasteiger partial charge in [-0.25, -0.2) is 9.79 Å². The molecular weight excluding hydrogens is 318 g/mol. The number of para-hydroxylation sites is 1. The molecule has 6 nitrogen and oxygen atoms in total. The molecule has 7 heteroatoms. The minimum Gasteiger partial charge on any atom is -0.478 e. The summed E-state index contributed by atoms with van der Waals surface area (Å²) < 4.78 is 0. The van der Waals surface area contributed by atoms with Crippen molar-refractivity contribution < 1.29 is 14.7 Å². The smallest absolute Gasteiger partial charge is 0.337 e. The predicted molar refractivity (Wildman–Crippen MR) is 89.4 cm³/mol. The fourth-order valence-electron chi connectivity index (χ4n) is 1.73. The third-order valence-corrected chi connectivity index (χ3v) is 3.12. The van der Waals surface area contributed by atoms with Gasteiger partial charge >= 0.3 is 5.97 Å². The van der Waals surface area contributed by atoms with Crippen molar-refractivity contribution in [3.05, 3.63) is 59.1 Å². The Balaban J connectivity index is 2.23. The summed E-state index contributed by atoms with van der Waals surface area (Å²) in [7, 11) is 0. The molecule has 0 saturated carbocycles. The van der Waals surface area contributed by atoms with E-state index in [1.165, 1.54) is 19.1 Å². The molecule has 2 aromatic carbocycles. The van der Waals surface area contributed by atoms with Gasteiger partial charge in [0.1, 0.15) is 0 Å². The Morgan fingerprint density at radius 1 is 1.09 bits per heavy atom. The molecule has 0 aliphatic rings. The molecule has 0 heterocycles. The number of anilines is 1. The van der Waals surface area contributed by atoms with Crippen molar-refractivity contribution in [2.75, 3.05) is 5.43 Å². The molecule has 0 saturated heterocycles. The highest BCUT2D eigenvalue weighted by Crippen LogP contribution is 2.19. The summed E-state index contributed by atoms with van der Waals surface area (Å²) in [5.74, 6) is -1.46. The summed E-state index contributed by atoms with van der Waals surface area (Å²) in [4.78, 5) is 27.0. The van der Waals surface area contributed by atoms with E-state index in [1.807, 2.05) is 0 Å². The van der Waals surface area contributed by atoms with Crippen LogP contribution in [0.1, 0.15) is 17.3 Å². The third kappa shape index (κ3) is 4.55. The van der Waals surface area contributed by atoms with Gasteiger partial charge in [0.15, 0.2) is 11.6 Å². The highest BCUT2D eigenvalue weighted by Gasteiger charge is 2.11. The minimum absolute atomic E-state index is 0.00588. The Kier molecular flexibility index (Phi) is 5.32. The summed E-state index contributed by atoms with van der Waals surface area (Å²) in [5.41, 5.74) is 6.38. The number of aromatic carboxylic acids is 1. The van der Waals surface area contributed by atoms with Crippen molar-refractivity contribution in [2.24, 2.45) is 4.99 Å². The van der Waals surface area contributed by atoms with Crippen LogP contribution in [0.4, 0.5) is 11.4 Å². The zero-order valence-electron chi connectivity index (χ0n) is 12.2. The second-order valence-corrected chi connectivity index (χ2v) is 5.03. The molecule has 0 aliphatic carbocycles. The lowest BCUT2D eigenvalue weighted by atomic mass is 10.2. The normalized spacial score (nSPS) is 11.0. The molecule has 0 aliphatic heterocycles. The van der Waals surface area contributed by atoms with Crippen molar-refractivity contribution in [2.45, 2.75) is 6.92 Å². The monoisotopic (exact) mass is 331 g/mol. The van der Waals surface area contributed by atoms with Crippen LogP contribution in [-0.2, 0) is 4.79 Å². The van der Waals surface area contributed by atoms with E-state index in [1.54, 1.807) is 36.4 Å². The lowest BCUT2D eigenvalue weighted by molar-refractivity contribution is -0.111. The molecule has 2 aromatic rings. The third-order valence-electron chi connectivity index (χ3n) is 2.87. The largest absolute Gasteiger partial charge is 0.478 e. The van der Waals surface area contributed by atoms with Gasteiger partial charge in [-0.3, -0.25) is 15.6 Å². The topological polar surface area (TPSA) is 90.8 Å². The number of nitrogens with one attached hydrogen (secondary N) is 2. The molecule has 118 valence electrons.